The van der Waals surface area contributed by atoms with Crippen LogP contribution in [0, 0.1) is 0 Å². The third kappa shape index (κ3) is 4.80. The molecule has 0 aliphatic rings. The van der Waals surface area contributed by atoms with Gasteiger partial charge in [0, 0.05) is 0 Å². The Balaban J connectivity index is 2.01. The SMILES string of the molecule is COc1ccc([Te](Cl)(Cl)/C(=C\Sc2ccccc2)c2ccccc2)cc1. The molecular formula is C21H18Cl2OSTe. The Labute approximate surface area is 170 Å². The van der Waals surface area contributed by atoms with Crippen LogP contribution in [-0.4, -0.2) is 23.1 Å². The van der Waals surface area contributed by atoms with Crippen LogP contribution in [0.1, 0.15) is 5.56 Å². The molecule has 26 heavy (non-hydrogen) atoms. The van der Waals surface area contributed by atoms with Crippen LogP contribution in [0.15, 0.2) is 95.2 Å². The van der Waals surface area contributed by atoms with Crippen molar-refractivity contribution in [2.24, 2.45) is 0 Å². The molecule has 0 heterocycles. The molecular weight excluding hydrogens is 499 g/mol. The van der Waals surface area contributed by atoms with Gasteiger partial charge in [0.2, 0.25) is 0 Å². The molecule has 3 rings (SSSR count). The molecule has 134 valence electrons. The van der Waals surface area contributed by atoms with Gasteiger partial charge in [0.25, 0.3) is 0 Å². The number of thioether (sulfide) groups is 1. The first-order valence-electron chi connectivity index (χ1n) is 7.95. The van der Waals surface area contributed by atoms with Crippen LogP contribution in [0.4, 0.5) is 0 Å². The van der Waals surface area contributed by atoms with Crippen molar-refractivity contribution in [2.45, 2.75) is 4.90 Å². The molecule has 0 aromatic heterocycles. The second-order valence-electron chi connectivity index (χ2n) is 5.42. The van der Waals surface area contributed by atoms with Gasteiger partial charge in [0.15, 0.2) is 0 Å². The van der Waals surface area contributed by atoms with Crippen molar-refractivity contribution in [1.82, 2.24) is 0 Å². The van der Waals surface area contributed by atoms with E-state index in [0.717, 1.165) is 23.4 Å². The van der Waals surface area contributed by atoms with Crippen molar-refractivity contribution >= 4 is 52.9 Å². The van der Waals surface area contributed by atoms with Crippen LogP contribution in [0.5, 0.6) is 5.75 Å². The summed E-state index contributed by atoms with van der Waals surface area (Å²) in [6, 6.07) is 28.1. The first kappa shape index (κ1) is 19.7. The Hall–Kier alpha value is -1.08. The number of halogens is 2. The quantitative estimate of drug-likeness (QED) is 0.285. The molecule has 5 heteroatoms. The van der Waals surface area contributed by atoms with E-state index in [9.17, 15) is 0 Å². The van der Waals surface area contributed by atoms with Crippen LogP contribution in [0.2, 0.25) is 0 Å². The van der Waals surface area contributed by atoms with Gasteiger partial charge >= 0.3 is 171 Å². The number of hydrogen-bond acceptors (Lipinski definition) is 2. The topological polar surface area (TPSA) is 9.23 Å². The number of benzene rings is 3. The molecule has 0 atom stereocenters. The Morgan fingerprint density at radius 1 is 0.846 bits per heavy atom. The normalized spacial score (nSPS) is 12.7. The van der Waals surface area contributed by atoms with E-state index in [1.165, 1.54) is 0 Å². The van der Waals surface area contributed by atoms with Crippen molar-refractivity contribution in [1.29, 1.82) is 0 Å². The minimum atomic E-state index is -3.54. The third-order valence-electron chi connectivity index (χ3n) is 3.74. The van der Waals surface area contributed by atoms with Crippen molar-refractivity contribution in [3.8, 4) is 5.75 Å². The van der Waals surface area contributed by atoms with Crippen LogP contribution in [-0.2, 0) is 0 Å². The summed E-state index contributed by atoms with van der Waals surface area (Å²) >= 11 is -1.90. The van der Waals surface area contributed by atoms with Crippen LogP contribution in [0.3, 0.4) is 0 Å². The van der Waals surface area contributed by atoms with Gasteiger partial charge in [-0.3, -0.25) is 0 Å². The van der Waals surface area contributed by atoms with Crippen LogP contribution in [0.25, 0.3) is 3.62 Å². The minimum absolute atomic E-state index is 0.796. The van der Waals surface area contributed by atoms with Crippen molar-refractivity contribution < 1.29 is 4.74 Å². The summed E-state index contributed by atoms with van der Waals surface area (Å²) in [6.45, 7) is 0. The molecule has 1 nitrogen and oxygen atoms in total. The Morgan fingerprint density at radius 3 is 2.00 bits per heavy atom. The molecule has 0 aliphatic heterocycles. The zero-order valence-electron chi connectivity index (χ0n) is 14.1. The van der Waals surface area contributed by atoms with Crippen molar-refractivity contribution in [3.63, 3.8) is 0 Å². The summed E-state index contributed by atoms with van der Waals surface area (Å²) in [5.74, 6) is 0.796. The van der Waals surface area contributed by atoms with Crippen molar-refractivity contribution in [2.75, 3.05) is 7.11 Å². The van der Waals surface area contributed by atoms with E-state index in [1.807, 2.05) is 60.7 Å². The van der Waals surface area contributed by atoms with Gasteiger partial charge in [0.05, 0.1) is 0 Å². The van der Waals surface area contributed by atoms with Gasteiger partial charge in [0.1, 0.15) is 0 Å². The Morgan fingerprint density at radius 2 is 1.42 bits per heavy atom. The van der Waals surface area contributed by atoms with E-state index in [4.69, 9.17) is 22.7 Å². The molecule has 0 bridgehead atoms. The third-order valence-corrected chi connectivity index (χ3v) is 14.8. The monoisotopic (exact) mass is 518 g/mol. The predicted molar refractivity (Wildman–Crippen MR) is 117 cm³/mol. The molecule has 0 N–H and O–H groups in total. The van der Waals surface area contributed by atoms with Crippen LogP contribution >= 0.6 is 29.7 Å². The molecule has 0 fully saturated rings. The summed E-state index contributed by atoms with van der Waals surface area (Å²) in [6.07, 6.45) is 0. The number of methoxy groups -OCH3 is 1. The second-order valence-corrected chi connectivity index (χ2v) is 18.9. The van der Waals surface area contributed by atoms with Gasteiger partial charge in [-0.15, -0.1) is 0 Å². The first-order chi connectivity index (χ1) is 12.6. The zero-order valence-corrected chi connectivity index (χ0v) is 18.8. The van der Waals surface area contributed by atoms with E-state index < -0.39 is 15.9 Å². The first-order valence-corrected chi connectivity index (χ1v) is 17.1. The zero-order chi connectivity index (χ0) is 18.4. The fourth-order valence-electron chi connectivity index (χ4n) is 2.37. The molecule has 0 amide bonds. The molecule has 3 aromatic carbocycles. The van der Waals surface area contributed by atoms with E-state index in [-0.39, 0.29) is 0 Å². The molecule has 0 saturated carbocycles. The van der Waals surface area contributed by atoms with Gasteiger partial charge in [-0.05, 0) is 0 Å². The van der Waals surface area contributed by atoms with E-state index in [0.29, 0.717) is 0 Å². The average molecular weight is 517 g/mol. The number of ether oxygens (including phenoxy) is 1. The van der Waals surface area contributed by atoms with Gasteiger partial charge < -0.3 is 0 Å². The predicted octanol–water partition coefficient (Wildman–Crippen LogP) is 6.19. The molecule has 0 spiro atoms. The summed E-state index contributed by atoms with van der Waals surface area (Å²) in [7, 11) is 15.8. The number of rotatable bonds is 6. The molecule has 0 aliphatic carbocycles. The van der Waals surface area contributed by atoms with E-state index in [1.54, 1.807) is 18.9 Å². The summed E-state index contributed by atoms with van der Waals surface area (Å²) in [5.41, 5.74) is 1.07. The maximum atomic E-state index is 7.06. The van der Waals surface area contributed by atoms with E-state index >= 15 is 0 Å². The molecule has 0 radical (unpaired) electrons. The summed E-state index contributed by atoms with van der Waals surface area (Å²) < 4.78 is 7.26. The summed E-state index contributed by atoms with van der Waals surface area (Å²) in [4.78, 5) is 1.16. The average Bonchev–Trinajstić information content (AvgIpc) is 2.69. The number of hydrogen-bond donors (Lipinski definition) is 0. The molecule has 0 saturated heterocycles. The Kier molecular flexibility index (Phi) is 6.98. The fraction of sp³-hybridized carbons (Fsp3) is 0.0476. The molecule has 0 unspecified atom stereocenters. The summed E-state index contributed by atoms with van der Waals surface area (Å²) in [5, 5.41) is 2.11. The van der Waals surface area contributed by atoms with Crippen LogP contribution < -0.4 is 8.35 Å². The van der Waals surface area contributed by atoms with Gasteiger partial charge in [-0.25, -0.2) is 0 Å². The maximum absolute atomic E-state index is 7.06. The van der Waals surface area contributed by atoms with Gasteiger partial charge in [-0.1, -0.05) is 0 Å². The van der Waals surface area contributed by atoms with Crippen molar-refractivity contribution in [3.05, 3.63) is 95.9 Å². The second kappa shape index (κ2) is 9.22. The fourth-order valence-corrected chi connectivity index (χ4v) is 12.0. The van der Waals surface area contributed by atoms with Gasteiger partial charge in [-0.2, -0.15) is 0 Å². The molecule has 3 aromatic rings. The Bertz CT molecular complexity index is 866. The van der Waals surface area contributed by atoms with E-state index in [2.05, 4.69) is 29.7 Å². The standard InChI is InChI=1S/C21H18Cl2OSTe/c1-24-18-12-14-20(15-13-18)26(22,23)21(17-8-4-2-5-9-17)16-25-19-10-6-3-7-11-19/h2-16H,1H3/b21-16-.